The van der Waals surface area contributed by atoms with E-state index >= 15 is 0 Å². The largest absolute Gasteiger partial charge is 0.454 e. The second kappa shape index (κ2) is 14.2. The zero-order chi connectivity index (χ0) is 26.5. The minimum Gasteiger partial charge on any atom is -0.454 e. The van der Waals surface area contributed by atoms with Gasteiger partial charge in [0.2, 0.25) is 10.0 Å². The van der Waals surface area contributed by atoms with Crippen molar-refractivity contribution in [1.82, 2.24) is 14.6 Å². The zero-order valence-electron chi connectivity index (χ0n) is 21.0. The summed E-state index contributed by atoms with van der Waals surface area (Å²) in [7, 11) is -3.69. The molecule has 1 fully saturated rings. The van der Waals surface area contributed by atoms with Crippen molar-refractivity contribution < 1.29 is 22.7 Å². The van der Waals surface area contributed by atoms with Crippen LogP contribution in [0, 0.1) is 6.92 Å². The maximum Gasteiger partial charge on any atom is 0.324 e. The second-order valence-electron chi connectivity index (χ2n) is 8.76. The third kappa shape index (κ3) is 9.44. The molecular weight excluding hydrogens is 490 g/mol. The molecular formula is C28H33N3O5S. The first-order chi connectivity index (χ1) is 17.8. The highest BCUT2D eigenvalue weighted by Crippen LogP contribution is 2.24. The molecule has 2 aromatic carbocycles. The van der Waals surface area contributed by atoms with E-state index in [1.54, 1.807) is 42.7 Å². The quantitative estimate of drug-likeness (QED) is 0.452. The van der Waals surface area contributed by atoms with Gasteiger partial charge >= 0.3 is 5.97 Å². The number of carbonyl (C=O) groups is 2. The molecule has 1 unspecified atom stereocenters. The Morgan fingerprint density at radius 2 is 1.65 bits per heavy atom. The van der Waals surface area contributed by atoms with E-state index < -0.39 is 34.5 Å². The van der Waals surface area contributed by atoms with Crippen LogP contribution in [0.5, 0.6) is 0 Å². The molecule has 0 radical (unpaired) electrons. The fourth-order valence-electron chi connectivity index (χ4n) is 3.86. The lowest BCUT2D eigenvalue weighted by Crippen LogP contribution is -2.49. The number of rotatable bonds is 8. The number of esters is 1. The van der Waals surface area contributed by atoms with Gasteiger partial charge in [0, 0.05) is 25.5 Å². The minimum atomic E-state index is -3.69. The predicted molar refractivity (Wildman–Crippen MR) is 142 cm³/mol. The average Bonchev–Trinajstić information content (AvgIpc) is 2.92. The first-order valence-electron chi connectivity index (χ1n) is 12.2. The molecule has 0 aliphatic carbocycles. The van der Waals surface area contributed by atoms with Gasteiger partial charge in [0.05, 0.1) is 5.75 Å². The van der Waals surface area contributed by atoms with E-state index in [2.05, 4.69) is 29.4 Å². The molecule has 1 atom stereocenters. The summed E-state index contributed by atoms with van der Waals surface area (Å²) in [6.45, 7) is 2.16. The number of aryl methyl sites for hydroxylation is 1. The Hall–Kier alpha value is -3.56. The van der Waals surface area contributed by atoms with Crippen LogP contribution in [0.3, 0.4) is 0 Å². The minimum absolute atomic E-state index is 0.177. The smallest absolute Gasteiger partial charge is 0.324 e. The van der Waals surface area contributed by atoms with Crippen LogP contribution >= 0.6 is 0 Å². The second-order valence-corrected chi connectivity index (χ2v) is 10.7. The monoisotopic (exact) mass is 523 g/mol. The number of amides is 1. The first-order valence-corrected chi connectivity index (χ1v) is 13.8. The summed E-state index contributed by atoms with van der Waals surface area (Å²) in [4.78, 5) is 28.5. The molecule has 0 bridgehead atoms. The standard InChI is InChI=1S/C21H25N3O5S.C7H8/c25-20(23-14-18-9-6-11-22-13-18)15-29-21(26)19-10-4-5-12-24(19)30(27,28)16-17-7-2-1-3-8-17;1-7-5-3-2-4-6-7/h1-3,6-9,11,13,19H,4-5,10,12,14-16H2,(H,23,25);2-6H,1H3. The lowest BCUT2D eigenvalue weighted by molar-refractivity contribution is -0.153. The molecule has 1 aliphatic heterocycles. The summed E-state index contributed by atoms with van der Waals surface area (Å²) in [6.07, 6.45) is 5.05. The van der Waals surface area contributed by atoms with Crippen molar-refractivity contribution >= 4 is 21.9 Å². The molecule has 1 saturated heterocycles. The fourth-order valence-corrected chi connectivity index (χ4v) is 5.63. The summed E-state index contributed by atoms with van der Waals surface area (Å²) in [5, 5.41) is 2.64. The van der Waals surface area contributed by atoms with Crippen LogP contribution in [0.25, 0.3) is 0 Å². The van der Waals surface area contributed by atoms with Gasteiger partial charge in [-0.1, -0.05) is 72.3 Å². The summed E-state index contributed by atoms with van der Waals surface area (Å²) in [5.41, 5.74) is 2.80. The van der Waals surface area contributed by atoms with Crippen LogP contribution in [-0.2, 0) is 36.6 Å². The number of nitrogens with one attached hydrogen (secondary N) is 1. The molecule has 0 spiro atoms. The topological polar surface area (TPSA) is 106 Å². The van der Waals surface area contributed by atoms with Crippen LogP contribution in [-0.4, -0.2) is 48.8 Å². The number of benzene rings is 2. The van der Waals surface area contributed by atoms with E-state index in [9.17, 15) is 18.0 Å². The van der Waals surface area contributed by atoms with Gasteiger partial charge in [0.15, 0.2) is 6.61 Å². The molecule has 1 amide bonds. The van der Waals surface area contributed by atoms with Gasteiger partial charge in [0.1, 0.15) is 6.04 Å². The number of aromatic nitrogens is 1. The molecule has 9 heteroatoms. The number of ether oxygens (including phenoxy) is 1. The normalized spacial score (nSPS) is 15.6. The van der Waals surface area contributed by atoms with Crippen LogP contribution in [0.4, 0.5) is 0 Å². The van der Waals surface area contributed by atoms with Crippen molar-refractivity contribution in [1.29, 1.82) is 0 Å². The average molecular weight is 524 g/mol. The molecule has 1 N–H and O–H groups in total. The molecule has 8 nitrogen and oxygen atoms in total. The van der Waals surface area contributed by atoms with Gasteiger partial charge in [0.25, 0.3) is 5.91 Å². The molecule has 3 aromatic rings. The van der Waals surface area contributed by atoms with E-state index in [1.807, 2.05) is 30.3 Å². The molecule has 0 saturated carbocycles. The molecule has 1 aliphatic rings. The highest BCUT2D eigenvalue weighted by molar-refractivity contribution is 7.88. The van der Waals surface area contributed by atoms with Crippen molar-refractivity contribution in [3.05, 3.63) is 102 Å². The van der Waals surface area contributed by atoms with Crippen LogP contribution < -0.4 is 5.32 Å². The Morgan fingerprint density at radius 3 is 2.27 bits per heavy atom. The predicted octanol–water partition coefficient (Wildman–Crippen LogP) is 3.62. The number of pyridine rings is 1. The van der Waals surface area contributed by atoms with E-state index in [-0.39, 0.29) is 18.8 Å². The maximum atomic E-state index is 12.9. The molecule has 196 valence electrons. The van der Waals surface area contributed by atoms with Crippen molar-refractivity contribution in [3.63, 3.8) is 0 Å². The maximum absolute atomic E-state index is 12.9. The van der Waals surface area contributed by atoms with Crippen molar-refractivity contribution in [2.45, 2.75) is 44.5 Å². The van der Waals surface area contributed by atoms with Gasteiger partial charge in [-0.15, -0.1) is 0 Å². The van der Waals surface area contributed by atoms with E-state index in [1.165, 1.54) is 9.87 Å². The number of piperidine rings is 1. The Kier molecular flexibility index (Phi) is 10.8. The summed E-state index contributed by atoms with van der Waals surface area (Å²) in [5.74, 6) is -1.33. The van der Waals surface area contributed by atoms with Gasteiger partial charge in [-0.05, 0) is 43.4 Å². The lowest BCUT2D eigenvalue weighted by Gasteiger charge is -2.33. The lowest BCUT2D eigenvalue weighted by atomic mass is 10.1. The summed E-state index contributed by atoms with van der Waals surface area (Å²) >= 11 is 0. The molecule has 4 rings (SSSR count). The van der Waals surface area contributed by atoms with Gasteiger partial charge in [-0.3, -0.25) is 14.6 Å². The van der Waals surface area contributed by atoms with Crippen LogP contribution in [0.2, 0.25) is 0 Å². The number of hydrogen-bond donors (Lipinski definition) is 1. The Morgan fingerprint density at radius 1 is 0.973 bits per heavy atom. The number of sulfonamides is 1. The highest BCUT2D eigenvalue weighted by atomic mass is 32.2. The Bertz CT molecular complexity index is 1220. The summed E-state index contributed by atoms with van der Waals surface area (Å²) < 4.78 is 32.2. The molecule has 37 heavy (non-hydrogen) atoms. The number of hydrogen-bond acceptors (Lipinski definition) is 6. The Balaban J connectivity index is 0.000000468. The van der Waals surface area contributed by atoms with Crippen molar-refractivity contribution in [2.75, 3.05) is 13.2 Å². The highest BCUT2D eigenvalue weighted by Gasteiger charge is 2.37. The third-order valence-electron chi connectivity index (χ3n) is 5.77. The van der Waals surface area contributed by atoms with Crippen molar-refractivity contribution in [3.8, 4) is 0 Å². The van der Waals surface area contributed by atoms with Crippen LogP contribution in [0.15, 0.2) is 85.2 Å². The van der Waals surface area contributed by atoms with Gasteiger partial charge < -0.3 is 10.1 Å². The van der Waals surface area contributed by atoms with E-state index in [4.69, 9.17) is 4.74 Å². The first kappa shape index (κ1) is 28.0. The SMILES string of the molecule is Cc1ccccc1.O=C(COC(=O)C1CCCCN1S(=O)(=O)Cc1ccccc1)NCc1cccnc1. The van der Waals surface area contributed by atoms with Gasteiger partial charge in [-0.25, -0.2) is 8.42 Å². The fraction of sp³-hybridized carbons (Fsp3) is 0.321. The Labute approximate surface area is 218 Å². The zero-order valence-corrected chi connectivity index (χ0v) is 21.8. The van der Waals surface area contributed by atoms with E-state index in [0.29, 0.717) is 18.4 Å². The van der Waals surface area contributed by atoms with E-state index in [0.717, 1.165) is 12.0 Å². The molecule has 2 heterocycles. The summed E-state index contributed by atoms with van der Waals surface area (Å²) in [6, 6.07) is 21.8. The van der Waals surface area contributed by atoms with Gasteiger partial charge in [-0.2, -0.15) is 4.31 Å². The number of carbonyl (C=O) groups excluding carboxylic acids is 2. The molecule has 1 aromatic heterocycles. The third-order valence-corrected chi connectivity index (χ3v) is 7.62. The van der Waals surface area contributed by atoms with Crippen molar-refractivity contribution in [2.24, 2.45) is 0 Å². The number of nitrogens with zero attached hydrogens (tertiary/aromatic N) is 2. The van der Waals surface area contributed by atoms with Crippen LogP contribution in [0.1, 0.15) is 36.0 Å².